The largest absolute Gasteiger partial charge is 0.361 e. The van der Waals surface area contributed by atoms with Gasteiger partial charge >= 0.3 is 0 Å². The van der Waals surface area contributed by atoms with Gasteiger partial charge in [-0.1, -0.05) is 61.3 Å². The molecule has 5 heteroatoms. The summed E-state index contributed by atoms with van der Waals surface area (Å²) in [6, 6.07) is 21.8. The number of thioether (sulfide) groups is 1. The van der Waals surface area contributed by atoms with Crippen LogP contribution in [0.4, 0.5) is 0 Å². The van der Waals surface area contributed by atoms with Crippen molar-refractivity contribution in [3.8, 4) is 0 Å². The van der Waals surface area contributed by atoms with Crippen LogP contribution in [0.1, 0.15) is 21.5 Å². The van der Waals surface area contributed by atoms with Gasteiger partial charge in [0.05, 0.1) is 4.91 Å². The first-order valence-corrected chi connectivity index (χ1v) is 11.4. The number of hydrogen-bond acceptors (Lipinski definition) is 2. The topological polar surface area (TPSA) is 32.9 Å². The van der Waals surface area contributed by atoms with Crippen LogP contribution in [0.25, 0.3) is 17.0 Å². The molecule has 0 aliphatic rings. The van der Waals surface area contributed by atoms with Gasteiger partial charge in [-0.3, -0.25) is 4.79 Å². The van der Waals surface area contributed by atoms with E-state index in [0.717, 1.165) is 30.3 Å². The fourth-order valence-electron chi connectivity index (χ4n) is 2.99. The molecule has 0 saturated carbocycles. The molecule has 29 heavy (non-hydrogen) atoms. The molecule has 1 aromatic heterocycles. The number of H-pyrrole nitrogens is 1. The van der Waals surface area contributed by atoms with Gasteiger partial charge in [0, 0.05) is 42.1 Å². The summed E-state index contributed by atoms with van der Waals surface area (Å²) in [5, 5.41) is 1.07. The number of carbonyl (C=O) groups excluding carboxylic acids is 1. The Balaban J connectivity index is 1.78. The predicted molar refractivity (Wildman–Crippen MR) is 129 cm³/mol. The lowest BCUT2D eigenvalue weighted by Crippen LogP contribution is -2.00. The summed E-state index contributed by atoms with van der Waals surface area (Å²) < 4.78 is 1.96. The van der Waals surface area contributed by atoms with Gasteiger partial charge in [-0.05, 0) is 67.6 Å². The highest BCUT2D eigenvalue weighted by atomic mass is 79.9. The molecule has 0 fully saturated rings. The molecule has 0 amide bonds. The normalized spacial score (nSPS) is 11.8. The van der Waals surface area contributed by atoms with Crippen LogP contribution in [0, 0.1) is 6.92 Å². The summed E-state index contributed by atoms with van der Waals surface area (Å²) in [4.78, 5) is 18.3. The lowest BCUT2D eigenvalue weighted by atomic mass is 10.1. The first kappa shape index (κ1) is 20.2. The highest BCUT2D eigenvalue weighted by Crippen LogP contribution is 2.33. The number of aromatic amines is 1. The Labute approximate surface area is 190 Å². The van der Waals surface area contributed by atoms with Crippen LogP contribution in [0.15, 0.2) is 91.7 Å². The van der Waals surface area contributed by atoms with Crippen molar-refractivity contribution in [2.24, 2.45) is 0 Å². The van der Waals surface area contributed by atoms with Crippen molar-refractivity contribution in [2.75, 3.05) is 0 Å². The van der Waals surface area contributed by atoms with Gasteiger partial charge < -0.3 is 4.98 Å². The summed E-state index contributed by atoms with van der Waals surface area (Å²) in [5.74, 6) is 0.00687. The van der Waals surface area contributed by atoms with Gasteiger partial charge in [0.25, 0.3) is 0 Å². The summed E-state index contributed by atoms with van der Waals surface area (Å²) >= 11 is 8.46. The number of Topliss-reactive ketones (excluding diaryl/α,β-unsaturated/α-hetero) is 1. The molecule has 0 aliphatic carbocycles. The Hall–Kier alpha value is -2.08. The number of benzene rings is 3. The van der Waals surface area contributed by atoms with E-state index in [4.69, 9.17) is 0 Å². The molecule has 144 valence electrons. The Morgan fingerprint density at radius 2 is 1.62 bits per heavy atom. The number of rotatable bonds is 5. The Kier molecular flexibility index (Phi) is 6.09. The predicted octanol–water partition coefficient (Wildman–Crippen LogP) is 8.02. The minimum absolute atomic E-state index is 0.00687. The lowest BCUT2D eigenvalue weighted by Gasteiger charge is -2.08. The van der Waals surface area contributed by atoms with Crippen LogP contribution in [-0.2, 0) is 0 Å². The maximum absolute atomic E-state index is 13.3. The third-order valence-corrected chi connectivity index (χ3v) is 6.59. The molecule has 0 atom stereocenters. The molecule has 1 heterocycles. The van der Waals surface area contributed by atoms with Crippen molar-refractivity contribution in [2.45, 2.75) is 11.8 Å². The third-order valence-electron chi connectivity index (χ3n) is 4.54. The lowest BCUT2D eigenvalue weighted by molar-refractivity contribution is 0.104. The molecule has 0 bridgehead atoms. The molecule has 4 aromatic rings. The van der Waals surface area contributed by atoms with E-state index in [2.05, 4.69) is 74.1 Å². The molecular weight excluding hydrogens is 510 g/mol. The first-order valence-electron chi connectivity index (χ1n) is 9.03. The molecule has 2 nitrogen and oxygen atoms in total. The van der Waals surface area contributed by atoms with Crippen molar-refractivity contribution in [3.63, 3.8) is 0 Å². The second-order valence-corrected chi connectivity index (χ2v) is 9.64. The first-order chi connectivity index (χ1) is 14.0. The van der Waals surface area contributed by atoms with Crippen molar-refractivity contribution in [1.82, 2.24) is 4.98 Å². The molecule has 3 aromatic carbocycles. The number of aryl methyl sites for hydroxylation is 1. The van der Waals surface area contributed by atoms with Gasteiger partial charge in [-0.2, -0.15) is 0 Å². The molecule has 1 N–H and O–H groups in total. The van der Waals surface area contributed by atoms with E-state index in [1.807, 2.05) is 48.7 Å². The minimum Gasteiger partial charge on any atom is -0.361 e. The highest BCUT2D eigenvalue weighted by Gasteiger charge is 2.15. The fourth-order valence-corrected chi connectivity index (χ4v) is 4.54. The zero-order valence-corrected chi connectivity index (χ0v) is 19.6. The van der Waals surface area contributed by atoms with E-state index in [-0.39, 0.29) is 5.78 Å². The van der Waals surface area contributed by atoms with Gasteiger partial charge in [0.15, 0.2) is 5.78 Å². The monoisotopic (exact) mass is 525 g/mol. The highest BCUT2D eigenvalue weighted by molar-refractivity contribution is 9.10. The Morgan fingerprint density at radius 3 is 2.34 bits per heavy atom. The van der Waals surface area contributed by atoms with Crippen LogP contribution in [0.3, 0.4) is 0 Å². The van der Waals surface area contributed by atoms with Crippen molar-refractivity contribution in [1.29, 1.82) is 0 Å². The molecule has 0 aliphatic heterocycles. The Morgan fingerprint density at radius 1 is 0.931 bits per heavy atom. The molecule has 0 saturated heterocycles. The summed E-state index contributed by atoms with van der Waals surface area (Å²) in [6.45, 7) is 2.06. The van der Waals surface area contributed by atoms with E-state index in [0.29, 0.717) is 10.5 Å². The number of nitrogens with one attached hydrogen (secondary N) is 1. The van der Waals surface area contributed by atoms with Gasteiger partial charge in [-0.25, -0.2) is 0 Å². The average molecular weight is 527 g/mol. The maximum Gasteiger partial charge on any atom is 0.199 e. The van der Waals surface area contributed by atoms with Crippen molar-refractivity contribution >= 4 is 66.4 Å². The minimum atomic E-state index is 0.00687. The average Bonchev–Trinajstić information content (AvgIpc) is 3.11. The number of hydrogen-bond donors (Lipinski definition) is 1. The van der Waals surface area contributed by atoms with Gasteiger partial charge in [0.2, 0.25) is 0 Å². The van der Waals surface area contributed by atoms with E-state index in [1.165, 1.54) is 17.3 Å². The number of allylic oxidation sites excluding steroid dienone is 1. The van der Waals surface area contributed by atoms with Crippen LogP contribution < -0.4 is 0 Å². The van der Waals surface area contributed by atoms with Gasteiger partial charge in [0.1, 0.15) is 0 Å². The van der Waals surface area contributed by atoms with Gasteiger partial charge in [-0.15, -0.1) is 0 Å². The second-order valence-electron chi connectivity index (χ2n) is 6.69. The summed E-state index contributed by atoms with van der Waals surface area (Å²) in [5.41, 5.74) is 3.89. The van der Waals surface area contributed by atoms with Crippen molar-refractivity contribution < 1.29 is 4.79 Å². The number of fused-ring (bicyclic) bond motifs is 1. The number of ketones is 1. The van der Waals surface area contributed by atoms with E-state index in [9.17, 15) is 4.79 Å². The van der Waals surface area contributed by atoms with Crippen LogP contribution >= 0.6 is 43.6 Å². The molecule has 0 radical (unpaired) electrons. The zero-order chi connectivity index (χ0) is 20.4. The SMILES string of the molecule is Cc1ccc(S/C(=C/c2c[nH]c3ccc(Br)cc23)C(=O)c2ccc(Br)cc2)cc1. The number of aromatic nitrogens is 1. The van der Waals surface area contributed by atoms with Crippen LogP contribution in [0.5, 0.6) is 0 Å². The fraction of sp³-hybridized carbons (Fsp3) is 0.0417. The second kappa shape index (κ2) is 8.74. The van der Waals surface area contributed by atoms with E-state index in [1.54, 1.807) is 0 Å². The molecule has 4 rings (SSSR count). The molecule has 0 unspecified atom stereocenters. The smallest absolute Gasteiger partial charge is 0.199 e. The van der Waals surface area contributed by atoms with Crippen LogP contribution in [-0.4, -0.2) is 10.8 Å². The molecule has 0 spiro atoms. The van der Waals surface area contributed by atoms with E-state index >= 15 is 0 Å². The maximum atomic E-state index is 13.3. The zero-order valence-electron chi connectivity index (χ0n) is 15.6. The third kappa shape index (κ3) is 4.74. The quantitative estimate of drug-likeness (QED) is 0.162. The summed E-state index contributed by atoms with van der Waals surface area (Å²) in [7, 11) is 0. The van der Waals surface area contributed by atoms with Crippen molar-refractivity contribution in [3.05, 3.63) is 103 Å². The number of carbonyl (C=O) groups is 1. The van der Waals surface area contributed by atoms with Crippen LogP contribution in [0.2, 0.25) is 0 Å². The van der Waals surface area contributed by atoms with E-state index < -0.39 is 0 Å². The number of halogens is 2. The summed E-state index contributed by atoms with van der Waals surface area (Å²) in [6.07, 6.45) is 3.92. The standard InChI is InChI=1S/C24H17Br2NOS/c1-15-2-9-20(10-3-15)29-23(24(28)16-4-6-18(25)7-5-16)12-17-14-27-22-11-8-19(26)13-21(17)22/h2-14,27H,1H3/b23-12+. The Bertz CT molecular complexity index is 1210. The molecular formula is C24H17Br2NOS.